The van der Waals surface area contributed by atoms with Crippen molar-refractivity contribution in [2.45, 2.75) is 19.0 Å². The average Bonchev–Trinajstić information content (AvgIpc) is 2.98. The van der Waals surface area contributed by atoms with Crippen molar-refractivity contribution in [1.29, 1.82) is 0 Å². The van der Waals surface area contributed by atoms with E-state index in [-0.39, 0.29) is 0 Å². The molecule has 184 valence electrons. The first kappa shape index (κ1) is 25.4. The highest BCUT2D eigenvalue weighted by Gasteiger charge is 2.28. The highest BCUT2D eigenvalue weighted by Crippen LogP contribution is 2.53. The Morgan fingerprint density at radius 1 is 0.541 bits per heavy atom. The van der Waals surface area contributed by atoms with E-state index in [0.29, 0.717) is 5.66 Å². The SMILES string of the molecule is CCC(c1ccc(P(c2ccccc2)c2ccccc2)cc1OC)P(c1ccccc1)c1ccccc1. The lowest BCUT2D eigenvalue weighted by molar-refractivity contribution is 0.409. The van der Waals surface area contributed by atoms with Gasteiger partial charge in [-0.25, -0.2) is 0 Å². The molecule has 0 aromatic heterocycles. The van der Waals surface area contributed by atoms with Gasteiger partial charge in [0.15, 0.2) is 0 Å². The third kappa shape index (κ3) is 5.70. The maximum atomic E-state index is 6.13. The Kier molecular flexibility index (Phi) is 8.47. The Balaban J connectivity index is 1.61. The molecule has 3 heteroatoms. The van der Waals surface area contributed by atoms with Crippen LogP contribution in [0.3, 0.4) is 0 Å². The van der Waals surface area contributed by atoms with Crippen molar-refractivity contribution in [2.75, 3.05) is 7.11 Å². The fraction of sp³-hybridized carbons (Fsp3) is 0.118. The molecule has 0 fully saturated rings. The molecule has 0 aliphatic heterocycles. The predicted molar refractivity (Wildman–Crippen MR) is 164 cm³/mol. The van der Waals surface area contributed by atoms with Crippen LogP contribution in [0.1, 0.15) is 24.6 Å². The van der Waals surface area contributed by atoms with Crippen molar-refractivity contribution in [1.82, 2.24) is 0 Å². The Bertz CT molecular complexity index is 1310. The van der Waals surface area contributed by atoms with Crippen LogP contribution < -0.4 is 31.3 Å². The van der Waals surface area contributed by atoms with Crippen LogP contribution in [0.4, 0.5) is 0 Å². The Morgan fingerprint density at radius 3 is 1.38 bits per heavy atom. The molecule has 0 aliphatic rings. The van der Waals surface area contributed by atoms with Gasteiger partial charge in [0.2, 0.25) is 0 Å². The quantitative estimate of drug-likeness (QED) is 0.190. The zero-order chi connectivity index (χ0) is 25.5. The number of benzene rings is 5. The molecule has 0 radical (unpaired) electrons. The molecule has 0 saturated carbocycles. The van der Waals surface area contributed by atoms with Gasteiger partial charge in [-0.3, -0.25) is 0 Å². The highest BCUT2D eigenvalue weighted by atomic mass is 31.1. The third-order valence-electron chi connectivity index (χ3n) is 6.63. The summed E-state index contributed by atoms with van der Waals surface area (Å²) in [5, 5.41) is 6.81. The van der Waals surface area contributed by atoms with Gasteiger partial charge in [0, 0.05) is 11.2 Å². The molecule has 37 heavy (non-hydrogen) atoms. The maximum Gasteiger partial charge on any atom is 0.123 e. The summed E-state index contributed by atoms with van der Waals surface area (Å²) in [7, 11) is 0.534. The van der Waals surface area contributed by atoms with Crippen LogP contribution in [0.25, 0.3) is 0 Å². The van der Waals surface area contributed by atoms with E-state index < -0.39 is 15.8 Å². The van der Waals surface area contributed by atoms with Gasteiger partial charge >= 0.3 is 0 Å². The van der Waals surface area contributed by atoms with Crippen molar-refractivity contribution < 1.29 is 4.74 Å². The second kappa shape index (κ2) is 12.3. The molecular weight excluding hydrogens is 486 g/mol. The summed E-state index contributed by atoms with van der Waals surface area (Å²) in [5.74, 6) is 0.989. The lowest BCUT2D eigenvalue weighted by Crippen LogP contribution is -2.21. The van der Waals surface area contributed by atoms with E-state index in [1.54, 1.807) is 0 Å². The molecule has 0 saturated heterocycles. The van der Waals surface area contributed by atoms with Crippen molar-refractivity contribution in [3.05, 3.63) is 145 Å². The summed E-state index contributed by atoms with van der Waals surface area (Å²) in [6.07, 6.45) is 1.04. The summed E-state index contributed by atoms with van der Waals surface area (Å²) in [6.45, 7) is 2.31. The van der Waals surface area contributed by atoms with Gasteiger partial charge in [0.05, 0.1) is 7.11 Å². The Labute approximate surface area is 223 Å². The van der Waals surface area contributed by atoms with Gasteiger partial charge in [-0.1, -0.05) is 140 Å². The van der Waals surface area contributed by atoms with E-state index in [1.165, 1.54) is 32.1 Å². The molecule has 0 amide bonds. The lowest BCUT2D eigenvalue weighted by atomic mass is 10.1. The molecule has 0 spiro atoms. The minimum atomic E-state index is -0.682. The van der Waals surface area contributed by atoms with E-state index in [2.05, 4.69) is 146 Å². The highest BCUT2D eigenvalue weighted by molar-refractivity contribution is 7.79. The van der Waals surface area contributed by atoms with E-state index in [1.807, 2.05) is 7.11 Å². The molecule has 0 heterocycles. The Hall–Kier alpha value is -3.24. The fourth-order valence-corrected chi connectivity index (χ4v) is 10.1. The second-order valence-corrected chi connectivity index (χ2v) is 13.5. The number of rotatable bonds is 9. The first-order valence-corrected chi connectivity index (χ1v) is 15.5. The number of methoxy groups -OCH3 is 1. The largest absolute Gasteiger partial charge is 0.496 e. The van der Waals surface area contributed by atoms with Crippen LogP contribution in [-0.4, -0.2) is 7.11 Å². The van der Waals surface area contributed by atoms with Gasteiger partial charge in [0.25, 0.3) is 0 Å². The fourth-order valence-electron chi connectivity index (χ4n) is 4.94. The minimum absolute atomic E-state index is 0.350. The lowest BCUT2D eigenvalue weighted by Gasteiger charge is -2.30. The van der Waals surface area contributed by atoms with Gasteiger partial charge in [0.1, 0.15) is 5.75 Å². The summed E-state index contributed by atoms with van der Waals surface area (Å²) < 4.78 is 6.13. The van der Waals surface area contributed by atoms with Crippen molar-refractivity contribution in [2.24, 2.45) is 0 Å². The van der Waals surface area contributed by atoms with Gasteiger partial charge < -0.3 is 4.74 Å². The zero-order valence-corrected chi connectivity index (χ0v) is 23.2. The monoisotopic (exact) mass is 518 g/mol. The van der Waals surface area contributed by atoms with Crippen LogP contribution in [-0.2, 0) is 0 Å². The second-order valence-electron chi connectivity index (χ2n) is 8.90. The maximum absolute atomic E-state index is 6.13. The summed E-state index contributed by atoms with van der Waals surface area (Å²) in [5.41, 5.74) is 1.65. The molecule has 1 nitrogen and oxygen atoms in total. The van der Waals surface area contributed by atoms with E-state index in [9.17, 15) is 0 Å². The zero-order valence-electron chi connectivity index (χ0n) is 21.4. The van der Waals surface area contributed by atoms with Crippen LogP contribution in [0.2, 0.25) is 0 Å². The summed E-state index contributed by atoms with van der Waals surface area (Å²) in [4.78, 5) is 0. The topological polar surface area (TPSA) is 9.23 Å². The Morgan fingerprint density at radius 2 is 0.973 bits per heavy atom. The number of hydrogen-bond acceptors (Lipinski definition) is 1. The van der Waals surface area contributed by atoms with Crippen LogP contribution >= 0.6 is 15.8 Å². The van der Waals surface area contributed by atoms with Gasteiger partial charge in [-0.05, 0) is 54.9 Å². The smallest absolute Gasteiger partial charge is 0.123 e. The molecular formula is C34H32OP2. The summed E-state index contributed by atoms with van der Waals surface area (Å²) >= 11 is 0. The average molecular weight is 519 g/mol. The minimum Gasteiger partial charge on any atom is -0.496 e. The molecule has 0 N–H and O–H groups in total. The molecule has 5 aromatic rings. The molecule has 1 atom stereocenters. The molecule has 0 aliphatic carbocycles. The van der Waals surface area contributed by atoms with Gasteiger partial charge in [-0.15, -0.1) is 0 Å². The van der Waals surface area contributed by atoms with E-state index >= 15 is 0 Å². The van der Waals surface area contributed by atoms with Crippen LogP contribution in [0.5, 0.6) is 5.75 Å². The van der Waals surface area contributed by atoms with E-state index in [4.69, 9.17) is 4.74 Å². The van der Waals surface area contributed by atoms with Crippen molar-refractivity contribution in [3.8, 4) is 5.75 Å². The molecule has 1 unspecified atom stereocenters. The van der Waals surface area contributed by atoms with Crippen molar-refractivity contribution in [3.63, 3.8) is 0 Å². The first-order valence-electron chi connectivity index (χ1n) is 12.8. The molecule has 5 aromatic carbocycles. The molecule has 5 rings (SSSR count). The predicted octanol–water partition coefficient (Wildman–Crippen LogP) is 7.04. The first-order chi connectivity index (χ1) is 18.3. The number of hydrogen-bond donors (Lipinski definition) is 0. The third-order valence-corrected chi connectivity index (χ3v) is 12.0. The van der Waals surface area contributed by atoms with Crippen LogP contribution in [0, 0.1) is 0 Å². The summed E-state index contributed by atoms with van der Waals surface area (Å²) in [6, 6.07) is 50.7. The molecule has 0 bridgehead atoms. The number of ether oxygens (including phenoxy) is 1. The van der Waals surface area contributed by atoms with Gasteiger partial charge in [-0.2, -0.15) is 0 Å². The standard InChI is InChI=1S/C34H32OP2/c1-3-34(37(29-20-12-6-13-21-29)30-22-14-7-15-23-30)32-25-24-31(26-33(32)35-2)36(27-16-8-4-9-17-27)28-18-10-5-11-19-28/h4-26,34H,3H2,1-2H3. The van der Waals surface area contributed by atoms with E-state index in [0.717, 1.165) is 12.2 Å². The van der Waals surface area contributed by atoms with Crippen molar-refractivity contribution >= 4 is 42.4 Å². The normalized spacial score (nSPS) is 12.0. The van der Waals surface area contributed by atoms with Crippen LogP contribution in [0.15, 0.2) is 140 Å².